The SMILES string of the molecule is O=C(NCc1c(F)cc(F)cc1F)C1=CN2C(=C(OCc3ccccc3)C1)C(=O)N1CC[C@H](O)C[C@H]2C1. The molecular weight excluding hydrogens is 487 g/mol. The summed E-state index contributed by atoms with van der Waals surface area (Å²) in [4.78, 5) is 29.8. The van der Waals surface area contributed by atoms with Crippen LogP contribution in [0.15, 0.2) is 65.7 Å². The number of halogens is 3. The van der Waals surface area contributed by atoms with Crippen molar-refractivity contribution in [2.24, 2.45) is 0 Å². The van der Waals surface area contributed by atoms with Crippen LogP contribution in [0.5, 0.6) is 0 Å². The van der Waals surface area contributed by atoms with Gasteiger partial charge in [-0.1, -0.05) is 30.3 Å². The van der Waals surface area contributed by atoms with Crippen molar-refractivity contribution in [3.8, 4) is 0 Å². The molecular formula is C27H26F3N3O4. The quantitative estimate of drug-likeness (QED) is 0.621. The van der Waals surface area contributed by atoms with Gasteiger partial charge in [-0.15, -0.1) is 0 Å². The van der Waals surface area contributed by atoms with Crippen molar-refractivity contribution in [3.63, 3.8) is 0 Å². The van der Waals surface area contributed by atoms with Gasteiger partial charge in [-0.3, -0.25) is 9.59 Å². The van der Waals surface area contributed by atoms with E-state index in [9.17, 15) is 27.9 Å². The van der Waals surface area contributed by atoms with E-state index in [0.717, 1.165) is 5.56 Å². The molecule has 3 heterocycles. The normalized spacial score (nSPS) is 21.3. The number of hydrogen-bond acceptors (Lipinski definition) is 5. The number of amides is 2. The summed E-state index contributed by atoms with van der Waals surface area (Å²) in [7, 11) is 0. The van der Waals surface area contributed by atoms with Crippen LogP contribution in [0.3, 0.4) is 0 Å². The number of carbonyl (C=O) groups excluding carboxylic acids is 2. The summed E-state index contributed by atoms with van der Waals surface area (Å²) in [6.45, 7) is 0.503. The number of rotatable bonds is 6. The third kappa shape index (κ3) is 5.20. The summed E-state index contributed by atoms with van der Waals surface area (Å²) in [6.07, 6.45) is 1.79. The maximum Gasteiger partial charge on any atom is 0.274 e. The van der Waals surface area contributed by atoms with Crippen molar-refractivity contribution in [3.05, 3.63) is 94.3 Å². The number of hydrogen-bond donors (Lipinski definition) is 2. The van der Waals surface area contributed by atoms with Crippen molar-refractivity contribution in [2.45, 2.75) is 44.6 Å². The van der Waals surface area contributed by atoms with Crippen molar-refractivity contribution >= 4 is 11.8 Å². The first kappa shape index (κ1) is 24.9. The van der Waals surface area contributed by atoms with E-state index in [1.54, 1.807) is 16.0 Å². The lowest BCUT2D eigenvalue weighted by atomic mass is 9.98. The fraction of sp³-hybridized carbons (Fsp3) is 0.333. The molecule has 2 atom stereocenters. The summed E-state index contributed by atoms with van der Waals surface area (Å²) in [5.74, 6) is -3.78. The minimum absolute atomic E-state index is 0.00621. The Labute approximate surface area is 211 Å². The first-order valence-corrected chi connectivity index (χ1v) is 12.1. The van der Waals surface area contributed by atoms with Gasteiger partial charge in [-0.05, 0) is 18.4 Å². The van der Waals surface area contributed by atoms with E-state index in [1.807, 2.05) is 30.3 Å². The monoisotopic (exact) mass is 513 g/mol. The smallest absolute Gasteiger partial charge is 0.274 e. The second-order valence-electron chi connectivity index (χ2n) is 9.40. The first-order chi connectivity index (χ1) is 17.8. The average molecular weight is 514 g/mol. The van der Waals surface area contributed by atoms with Gasteiger partial charge in [0.15, 0.2) is 0 Å². The molecule has 37 heavy (non-hydrogen) atoms. The number of piperazine rings is 1. The molecule has 2 aromatic carbocycles. The third-order valence-electron chi connectivity index (χ3n) is 6.84. The van der Waals surface area contributed by atoms with Crippen molar-refractivity contribution < 1.29 is 32.6 Å². The highest BCUT2D eigenvalue weighted by atomic mass is 19.1. The van der Waals surface area contributed by atoms with E-state index in [1.165, 1.54) is 0 Å². The van der Waals surface area contributed by atoms with Gasteiger partial charge in [0, 0.05) is 55.5 Å². The molecule has 0 spiro atoms. The van der Waals surface area contributed by atoms with Crippen LogP contribution >= 0.6 is 0 Å². The van der Waals surface area contributed by atoms with Crippen LogP contribution < -0.4 is 5.32 Å². The van der Waals surface area contributed by atoms with E-state index in [4.69, 9.17) is 4.74 Å². The lowest BCUT2D eigenvalue weighted by Gasteiger charge is -2.43. The van der Waals surface area contributed by atoms with Crippen LogP contribution in [0, 0.1) is 17.5 Å². The van der Waals surface area contributed by atoms with Crippen molar-refractivity contribution in [1.82, 2.24) is 15.1 Å². The molecule has 2 aromatic rings. The van der Waals surface area contributed by atoms with Crippen molar-refractivity contribution in [2.75, 3.05) is 13.1 Å². The minimum atomic E-state index is -1.10. The Morgan fingerprint density at radius 1 is 1.14 bits per heavy atom. The number of nitrogens with one attached hydrogen (secondary N) is 1. The Bertz CT molecular complexity index is 1260. The second kappa shape index (κ2) is 10.3. The van der Waals surface area contributed by atoms with Gasteiger partial charge in [0.05, 0.1) is 12.1 Å². The highest BCUT2D eigenvalue weighted by molar-refractivity contribution is 5.98. The molecule has 3 aliphatic rings. The zero-order valence-electron chi connectivity index (χ0n) is 19.9. The third-order valence-corrected chi connectivity index (χ3v) is 6.84. The lowest BCUT2D eigenvalue weighted by molar-refractivity contribution is -0.132. The standard InChI is InChI=1S/C27H26F3N3O4/c28-18-9-22(29)21(23(30)10-18)12-31-26(35)17-8-24(37-15-16-4-2-1-3-5-16)25-27(36)32-7-6-20(34)11-19(14-32)33(25)13-17/h1-5,9-10,13,19-20,34H,6-8,11-12,14-15H2,(H,31,35)/t19-,20-/m0/s1. The van der Waals surface area contributed by atoms with Gasteiger partial charge in [-0.2, -0.15) is 0 Å². The molecule has 0 aliphatic carbocycles. The molecule has 3 aliphatic heterocycles. The van der Waals surface area contributed by atoms with Crippen LogP contribution in [-0.4, -0.2) is 52.0 Å². The molecule has 2 amide bonds. The largest absolute Gasteiger partial charge is 0.491 e. The predicted molar refractivity (Wildman–Crippen MR) is 127 cm³/mol. The Morgan fingerprint density at radius 2 is 1.86 bits per heavy atom. The number of ether oxygens (including phenoxy) is 1. The number of aliphatic hydroxyl groups excluding tert-OH is 1. The Morgan fingerprint density at radius 3 is 2.59 bits per heavy atom. The van der Waals surface area contributed by atoms with Gasteiger partial charge in [0.2, 0.25) is 5.91 Å². The number of allylic oxidation sites excluding steroid dienone is 1. The van der Waals surface area contributed by atoms with Gasteiger partial charge < -0.3 is 25.0 Å². The average Bonchev–Trinajstić information content (AvgIpc) is 3.05. The number of nitrogens with zero attached hydrogens (tertiary/aromatic N) is 2. The molecule has 2 saturated heterocycles. The van der Waals surface area contributed by atoms with Gasteiger partial charge in [0.1, 0.15) is 35.5 Å². The van der Waals surface area contributed by atoms with Crippen molar-refractivity contribution in [1.29, 1.82) is 0 Å². The fourth-order valence-corrected chi connectivity index (χ4v) is 4.92. The molecule has 0 radical (unpaired) electrons. The van der Waals surface area contributed by atoms with E-state index >= 15 is 0 Å². The molecule has 194 valence electrons. The van der Waals surface area contributed by atoms with Gasteiger partial charge in [-0.25, -0.2) is 13.2 Å². The molecule has 0 saturated carbocycles. The fourth-order valence-electron chi connectivity index (χ4n) is 4.92. The zero-order chi connectivity index (χ0) is 26.1. The van der Waals surface area contributed by atoms with Crippen LogP contribution in [0.4, 0.5) is 13.2 Å². The van der Waals surface area contributed by atoms with E-state index in [0.29, 0.717) is 49.5 Å². The van der Waals surface area contributed by atoms with Crippen LogP contribution in [0.25, 0.3) is 0 Å². The number of aliphatic hydroxyl groups is 1. The molecule has 2 fully saturated rings. The topological polar surface area (TPSA) is 82.1 Å². The Hall–Kier alpha value is -3.79. The summed E-state index contributed by atoms with van der Waals surface area (Å²) in [5.41, 5.74) is 0.975. The van der Waals surface area contributed by atoms with Crippen LogP contribution in [0.2, 0.25) is 0 Å². The Balaban J connectivity index is 1.42. The maximum absolute atomic E-state index is 14.1. The highest BCUT2D eigenvalue weighted by Crippen LogP contribution is 2.36. The molecule has 2 N–H and O–H groups in total. The van der Waals surface area contributed by atoms with Crippen LogP contribution in [-0.2, 0) is 27.5 Å². The summed E-state index contributed by atoms with van der Waals surface area (Å²) < 4.78 is 47.4. The van der Waals surface area contributed by atoms with E-state index in [2.05, 4.69) is 5.32 Å². The molecule has 7 nitrogen and oxygen atoms in total. The first-order valence-electron chi connectivity index (χ1n) is 12.1. The van der Waals surface area contributed by atoms with Gasteiger partial charge >= 0.3 is 0 Å². The summed E-state index contributed by atoms with van der Waals surface area (Å²) >= 11 is 0. The van der Waals surface area contributed by atoms with E-state index in [-0.39, 0.29) is 30.5 Å². The van der Waals surface area contributed by atoms with Gasteiger partial charge in [0.25, 0.3) is 5.91 Å². The summed E-state index contributed by atoms with van der Waals surface area (Å²) in [6, 6.07) is 10.2. The van der Waals surface area contributed by atoms with E-state index < -0.39 is 41.6 Å². The molecule has 0 aromatic heterocycles. The number of carbonyl (C=O) groups is 2. The molecule has 0 unspecified atom stereocenters. The van der Waals surface area contributed by atoms with Crippen LogP contribution in [0.1, 0.15) is 30.4 Å². The maximum atomic E-state index is 14.1. The highest BCUT2D eigenvalue weighted by Gasteiger charge is 2.43. The number of benzene rings is 2. The summed E-state index contributed by atoms with van der Waals surface area (Å²) in [5, 5.41) is 12.9. The molecule has 2 bridgehead atoms. The molecule has 5 rings (SSSR count). The molecule has 10 heteroatoms. The lowest BCUT2D eigenvalue weighted by Crippen LogP contribution is -2.53. The zero-order valence-corrected chi connectivity index (χ0v) is 19.9. The predicted octanol–water partition coefficient (Wildman–Crippen LogP) is 3.10. The Kier molecular flexibility index (Phi) is 6.92. The number of fused-ring (bicyclic) bond motifs is 4. The minimum Gasteiger partial charge on any atom is -0.491 e. The second-order valence-corrected chi connectivity index (χ2v) is 9.40.